The van der Waals surface area contributed by atoms with Gasteiger partial charge in [-0.1, -0.05) is 45.4 Å². The molecule has 1 aromatic rings. The van der Waals surface area contributed by atoms with Crippen molar-refractivity contribution in [2.24, 2.45) is 0 Å². The van der Waals surface area contributed by atoms with Crippen molar-refractivity contribution in [3.8, 4) is 0 Å². The van der Waals surface area contributed by atoms with Gasteiger partial charge >= 0.3 is 0 Å². The second-order valence-corrected chi connectivity index (χ2v) is 4.92. The third kappa shape index (κ3) is 5.95. The fraction of sp³-hybridized carbons (Fsp3) is 0.562. The minimum atomic E-state index is -0.757. The number of hydrogen-bond acceptors (Lipinski definition) is 1. The van der Waals surface area contributed by atoms with Gasteiger partial charge in [0.15, 0.2) is 5.78 Å². The lowest BCUT2D eigenvalue weighted by Crippen LogP contribution is -2.02. The van der Waals surface area contributed by atoms with E-state index in [4.69, 9.17) is 0 Å². The highest BCUT2D eigenvalue weighted by atomic mass is 19.1. The van der Waals surface area contributed by atoms with Crippen LogP contribution in [0.15, 0.2) is 18.2 Å². The van der Waals surface area contributed by atoms with Crippen LogP contribution < -0.4 is 0 Å². The molecule has 0 spiro atoms. The highest BCUT2D eigenvalue weighted by Gasteiger charge is 2.11. The van der Waals surface area contributed by atoms with E-state index in [2.05, 4.69) is 6.92 Å². The van der Waals surface area contributed by atoms with Gasteiger partial charge in [0, 0.05) is 12.5 Å². The normalized spacial score (nSPS) is 10.7. The molecule has 0 saturated heterocycles. The molecule has 106 valence electrons. The third-order valence-corrected chi connectivity index (χ3v) is 3.24. The number of Topliss-reactive ketones (excluding diaryl/α,β-unsaturated/α-hetero) is 1. The van der Waals surface area contributed by atoms with Gasteiger partial charge in [0.1, 0.15) is 11.6 Å². The van der Waals surface area contributed by atoms with Crippen LogP contribution in [0.25, 0.3) is 0 Å². The molecule has 0 fully saturated rings. The number of unbranched alkanes of at least 4 members (excludes halogenated alkanes) is 6. The number of halogens is 2. The number of benzene rings is 1. The molecule has 1 aromatic carbocycles. The summed E-state index contributed by atoms with van der Waals surface area (Å²) in [4.78, 5) is 11.7. The summed E-state index contributed by atoms with van der Waals surface area (Å²) in [6, 6.07) is 3.12. The van der Waals surface area contributed by atoms with Crippen LogP contribution in [0.5, 0.6) is 0 Å². The second-order valence-electron chi connectivity index (χ2n) is 4.92. The predicted octanol–water partition coefficient (Wildman–Crippen LogP) is 5.29. The molecule has 0 aliphatic carbocycles. The Morgan fingerprint density at radius 2 is 1.63 bits per heavy atom. The maximum atomic E-state index is 13.4. The number of rotatable bonds is 9. The van der Waals surface area contributed by atoms with E-state index in [1.165, 1.54) is 31.7 Å². The van der Waals surface area contributed by atoms with Crippen LogP contribution in [0, 0.1) is 11.6 Å². The van der Waals surface area contributed by atoms with Gasteiger partial charge in [0.05, 0.1) is 5.56 Å². The lowest BCUT2D eigenvalue weighted by Gasteiger charge is -2.03. The molecule has 1 nitrogen and oxygen atoms in total. The van der Waals surface area contributed by atoms with Gasteiger partial charge < -0.3 is 0 Å². The van der Waals surface area contributed by atoms with Gasteiger partial charge in [-0.15, -0.1) is 0 Å². The summed E-state index contributed by atoms with van der Waals surface area (Å²) in [6.07, 6.45) is 8.18. The zero-order valence-electron chi connectivity index (χ0n) is 11.6. The number of carbonyl (C=O) groups is 1. The summed E-state index contributed by atoms with van der Waals surface area (Å²) in [5.74, 6) is -1.64. The van der Waals surface area contributed by atoms with Crippen LogP contribution in [-0.4, -0.2) is 5.78 Å². The van der Waals surface area contributed by atoms with Crippen LogP contribution in [-0.2, 0) is 0 Å². The molecule has 0 aliphatic heterocycles. The van der Waals surface area contributed by atoms with Crippen molar-refractivity contribution < 1.29 is 13.6 Å². The molecule has 19 heavy (non-hydrogen) atoms. The van der Waals surface area contributed by atoms with E-state index >= 15 is 0 Å². The average Bonchev–Trinajstić information content (AvgIpc) is 2.37. The summed E-state index contributed by atoms with van der Waals surface area (Å²) in [5.41, 5.74) is 0.00684. The molecule has 0 amide bonds. The van der Waals surface area contributed by atoms with Crippen molar-refractivity contribution in [3.05, 3.63) is 35.4 Å². The minimum absolute atomic E-state index is 0.00684. The van der Waals surface area contributed by atoms with Crippen molar-refractivity contribution in [1.29, 1.82) is 0 Å². The Hall–Kier alpha value is -1.25. The maximum Gasteiger partial charge on any atom is 0.165 e. The average molecular weight is 268 g/mol. The van der Waals surface area contributed by atoms with Gasteiger partial charge in [-0.25, -0.2) is 8.78 Å². The fourth-order valence-corrected chi connectivity index (χ4v) is 2.09. The Morgan fingerprint density at radius 3 is 2.26 bits per heavy atom. The van der Waals surface area contributed by atoms with Crippen molar-refractivity contribution in [2.45, 2.75) is 58.3 Å². The third-order valence-electron chi connectivity index (χ3n) is 3.24. The Balaban J connectivity index is 2.24. The van der Waals surface area contributed by atoms with Gasteiger partial charge in [0.25, 0.3) is 0 Å². The van der Waals surface area contributed by atoms with Gasteiger partial charge in [-0.3, -0.25) is 4.79 Å². The molecule has 3 heteroatoms. The van der Waals surface area contributed by atoms with Crippen molar-refractivity contribution in [3.63, 3.8) is 0 Å². The maximum absolute atomic E-state index is 13.4. The first kappa shape index (κ1) is 15.8. The molecule has 0 atom stereocenters. The summed E-state index contributed by atoms with van der Waals surface area (Å²) >= 11 is 0. The summed E-state index contributed by atoms with van der Waals surface area (Å²) in [7, 11) is 0. The molecular formula is C16H22F2O. The van der Waals surface area contributed by atoms with Gasteiger partial charge in [-0.05, 0) is 18.6 Å². The lowest BCUT2D eigenvalue weighted by atomic mass is 10.0. The van der Waals surface area contributed by atoms with Crippen LogP contribution in [0.4, 0.5) is 8.78 Å². The van der Waals surface area contributed by atoms with E-state index in [1.807, 2.05) is 0 Å². The molecule has 0 aromatic heterocycles. The Morgan fingerprint density at radius 1 is 1.00 bits per heavy atom. The molecular weight excluding hydrogens is 246 g/mol. The van der Waals surface area contributed by atoms with E-state index in [0.29, 0.717) is 6.42 Å². The molecule has 0 N–H and O–H groups in total. The minimum Gasteiger partial charge on any atom is -0.294 e. The molecule has 0 heterocycles. The number of hydrogen-bond donors (Lipinski definition) is 0. The quantitative estimate of drug-likeness (QED) is 0.439. The summed E-state index contributed by atoms with van der Waals surface area (Å²) in [5, 5.41) is 0. The van der Waals surface area contributed by atoms with E-state index < -0.39 is 11.6 Å². The zero-order chi connectivity index (χ0) is 14.1. The number of carbonyl (C=O) groups excluding carboxylic acids is 1. The van der Waals surface area contributed by atoms with E-state index in [9.17, 15) is 13.6 Å². The van der Waals surface area contributed by atoms with Crippen molar-refractivity contribution in [2.75, 3.05) is 0 Å². The molecule has 0 unspecified atom stereocenters. The second kappa shape index (κ2) is 8.78. The summed E-state index contributed by atoms with van der Waals surface area (Å²) < 4.78 is 26.1. The van der Waals surface area contributed by atoms with Crippen molar-refractivity contribution >= 4 is 5.78 Å². The predicted molar refractivity (Wildman–Crippen MR) is 73.3 cm³/mol. The first-order chi connectivity index (χ1) is 9.15. The smallest absolute Gasteiger partial charge is 0.165 e. The fourth-order valence-electron chi connectivity index (χ4n) is 2.09. The van der Waals surface area contributed by atoms with E-state index in [1.54, 1.807) is 0 Å². The molecule has 0 aliphatic rings. The SMILES string of the molecule is CCCCCCCCCC(=O)c1ccc(F)cc1F. The standard InChI is InChI=1S/C16H22F2O/c1-2-3-4-5-6-7-8-9-16(19)14-11-10-13(17)12-15(14)18/h10-12H,2-9H2,1H3. The highest BCUT2D eigenvalue weighted by molar-refractivity contribution is 5.96. The van der Waals surface area contributed by atoms with Crippen molar-refractivity contribution in [1.82, 2.24) is 0 Å². The lowest BCUT2D eigenvalue weighted by molar-refractivity contribution is 0.0975. The highest BCUT2D eigenvalue weighted by Crippen LogP contribution is 2.15. The van der Waals surface area contributed by atoms with E-state index in [0.717, 1.165) is 31.4 Å². The number of ketones is 1. The molecule has 0 saturated carbocycles. The summed E-state index contributed by atoms with van der Waals surface area (Å²) in [6.45, 7) is 2.18. The van der Waals surface area contributed by atoms with Gasteiger partial charge in [-0.2, -0.15) is 0 Å². The first-order valence-electron chi connectivity index (χ1n) is 7.13. The Bertz CT molecular complexity index is 402. The Labute approximate surface area is 114 Å². The van der Waals surface area contributed by atoms with Crippen LogP contribution >= 0.6 is 0 Å². The largest absolute Gasteiger partial charge is 0.294 e. The molecule has 0 radical (unpaired) electrons. The molecule has 0 bridgehead atoms. The van der Waals surface area contributed by atoms with Gasteiger partial charge in [0.2, 0.25) is 0 Å². The van der Waals surface area contributed by atoms with E-state index in [-0.39, 0.29) is 11.3 Å². The zero-order valence-corrected chi connectivity index (χ0v) is 11.6. The first-order valence-corrected chi connectivity index (χ1v) is 7.13. The topological polar surface area (TPSA) is 17.1 Å². The monoisotopic (exact) mass is 268 g/mol. The molecule has 1 rings (SSSR count). The van der Waals surface area contributed by atoms with Crippen LogP contribution in [0.1, 0.15) is 68.6 Å². The Kier molecular flexibility index (Phi) is 7.31. The van der Waals surface area contributed by atoms with Crippen LogP contribution in [0.2, 0.25) is 0 Å². The van der Waals surface area contributed by atoms with Crippen LogP contribution in [0.3, 0.4) is 0 Å².